The Labute approximate surface area is 145 Å². The molecule has 1 aliphatic rings. The minimum Gasteiger partial charge on any atom is -0.404 e. The fourth-order valence-corrected chi connectivity index (χ4v) is 2.53. The number of carbonyl (C=O) groups is 1. The number of nitriles is 1. The highest BCUT2D eigenvalue weighted by molar-refractivity contribution is 8.02. The largest absolute Gasteiger partial charge is 0.404 e. The fraction of sp³-hybridized carbons (Fsp3) is 0.167. The maximum atomic E-state index is 12.8. The van der Waals surface area contributed by atoms with Crippen molar-refractivity contribution in [2.24, 2.45) is 10.7 Å². The van der Waals surface area contributed by atoms with Crippen molar-refractivity contribution in [3.63, 3.8) is 0 Å². The third-order valence-electron chi connectivity index (χ3n) is 3.71. The van der Waals surface area contributed by atoms with Gasteiger partial charge >= 0.3 is 0 Å². The molecule has 0 spiro atoms. The van der Waals surface area contributed by atoms with Crippen LogP contribution in [0.5, 0.6) is 0 Å². The van der Waals surface area contributed by atoms with Crippen molar-refractivity contribution in [1.82, 2.24) is 4.90 Å². The van der Waals surface area contributed by atoms with Gasteiger partial charge in [-0.3, -0.25) is 9.69 Å². The molecule has 0 fully saturated rings. The predicted octanol–water partition coefficient (Wildman–Crippen LogP) is 2.80. The number of aryl methyl sites for hydroxylation is 1. The molecule has 0 bridgehead atoms. The molecule has 122 valence electrons. The maximum Gasteiger partial charge on any atom is 0.259 e. The normalized spacial score (nSPS) is 17.8. The summed E-state index contributed by atoms with van der Waals surface area (Å²) in [6, 6.07) is 7.36. The summed E-state index contributed by atoms with van der Waals surface area (Å²) in [6.45, 7) is 5.72. The van der Waals surface area contributed by atoms with E-state index in [0.717, 1.165) is 5.56 Å². The summed E-state index contributed by atoms with van der Waals surface area (Å²) >= 11 is 1.39. The zero-order valence-corrected chi connectivity index (χ0v) is 14.6. The van der Waals surface area contributed by atoms with Gasteiger partial charge in [0.25, 0.3) is 5.91 Å². The molecule has 5 nitrogen and oxygen atoms in total. The Hall–Kier alpha value is -2.78. The van der Waals surface area contributed by atoms with Crippen molar-refractivity contribution in [2.75, 3.05) is 13.3 Å². The Kier molecular flexibility index (Phi) is 5.27. The Morgan fingerprint density at radius 1 is 1.50 bits per heavy atom. The molecule has 1 heterocycles. The molecule has 0 radical (unpaired) electrons. The summed E-state index contributed by atoms with van der Waals surface area (Å²) < 4.78 is 0. The molecule has 0 saturated carbocycles. The minimum absolute atomic E-state index is 0.202. The fourth-order valence-electron chi connectivity index (χ4n) is 2.35. The van der Waals surface area contributed by atoms with Gasteiger partial charge in [-0.25, -0.2) is 4.99 Å². The average molecular weight is 338 g/mol. The lowest BCUT2D eigenvalue weighted by molar-refractivity contribution is -0.120. The third kappa shape index (κ3) is 3.26. The summed E-state index contributed by atoms with van der Waals surface area (Å²) in [5.74, 6) is 0.256. The van der Waals surface area contributed by atoms with Crippen LogP contribution in [0.25, 0.3) is 5.57 Å². The van der Waals surface area contributed by atoms with Crippen LogP contribution in [0, 0.1) is 18.3 Å². The molecule has 0 saturated heterocycles. The Morgan fingerprint density at radius 3 is 2.79 bits per heavy atom. The zero-order chi connectivity index (χ0) is 17.9. The number of carbonyl (C=O) groups excluding carboxylic acids is 1. The molecule has 1 amide bonds. The van der Waals surface area contributed by atoms with Gasteiger partial charge in [-0.1, -0.05) is 12.6 Å². The Morgan fingerprint density at radius 2 is 2.21 bits per heavy atom. The first kappa shape index (κ1) is 17.6. The van der Waals surface area contributed by atoms with E-state index in [1.807, 2.05) is 19.2 Å². The van der Waals surface area contributed by atoms with E-state index in [9.17, 15) is 4.79 Å². The van der Waals surface area contributed by atoms with Crippen molar-refractivity contribution in [1.29, 1.82) is 5.26 Å². The Bertz CT molecular complexity index is 843. The molecule has 0 aromatic heterocycles. The van der Waals surface area contributed by atoms with Gasteiger partial charge in [0.15, 0.2) is 0 Å². The first-order valence-corrected chi connectivity index (χ1v) is 8.40. The highest BCUT2D eigenvalue weighted by Crippen LogP contribution is 2.29. The summed E-state index contributed by atoms with van der Waals surface area (Å²) in [6.07, 6.45) is 4.98. The molecule has 6 heteroatoms. The molecule has 2 N–H and O–H groups in total. The average Bonchev–Trinajstić information content (AvgIpc) is 2.60. The molecule has 24 heavy (non-hydrogen) atoms. The minimum atomic E-state index is -0.202. The van der Waals surface area contributed by atoms with Crippen LogP contribution in [0.15, 0.2) is 52.6 Å². The van der Waals surface area contributed by atoms with Crippen LogP contribution in [0.2, 0.25) is 0 Å². The zero-order valence-electron chi connectivity index (χ0n) is 13.8. The highest BCUT2D eigenvalue weighted by atomic mass is 32.2. The lowest BCUT2D eigenvalue weighted by Crippen LogP contribution is -2.38. The second-order valence-electron chi connectivity index (χ2n) is 5.22. The van der Waals surface area contributed by atoms with Crippen LogP contribution in [0.4, 0.5) is 0 Å². The van der Waals surface area contributed by atoms with Gasteiger partial charge in [-0.2, -0.15) is 5.26 Å². The first-order chi connectivity index (χ1) is 11.4. The van der Waals surface area contributed by atoms with Crippen LogP contribution in [0.1, 0.15) is 16.7 Å². The standard InChI is InChI=1S/C18H18N4OS/c1-11-5-6-13(9-19)7-15(11)16-8-14(10-20)17(21-12(2)24-4)22(3)18(16)23/h5-8,10H,2,20H2,1,3-4H3/b14-10-,21-17+. The monoisotopic (exact) mass is 338 g/mol. The number of hydrogen-bond acceptors (Lipinski definition) is 5. The van der Waals surface area contributed by atoms with E-state index in [-0.39, 0.29) is 5.91 Å². The van der Waals surface area contributed by atoms with Gasteiger partial charge in [-0.05, 0) is 42.5 Å². The maximum absolute atomic E-state index is 12.8. The van der Waals surface area contributed by atoms with E-state index < -0.39 is 0 Å². The number of hydrogen-bond donors (Lipinski definition) is 1. The number of aliphatic imine (C=N–C) groups is 1. The number of benzene rings is 1. The molecule has 0 aliphatic carbocycles. The van der Waals surface area contributed by atoms with Gasteiger partial charge in [0, 0.05) is 24.4 Å². The summed E-state index contributed by atoms with van der Waals surface area (Å²) in [4.78, 5) is 18.6. The summed E-state index contributed by atoms with van der Waals surface area (Å²) in [5.41, 5.74) is 8.98. The van der Waals surface area contributed by atoms with Gasteiger partial charge < -0.3 is 5.73 Å². The number of nitrogens with zero attached hydrogens (tertiary/aromatic N) is 3. The first-order valence-electron chi connectivity index (χ1n) is 7.17. The number of thioether (sulfide) groups is 1. The molecule has 2 rings (SSSR count). The van der Waals surface area contributed by atoms with Crippen molar-refractivity contribution in [2.45, 2.75) is 6.92 Å². The molecule has 0 atom stereocenters. The van der Waals surface area contributed by atoms with E-state index in [1.54, 1.807) is 25.3 Å². The van der Waals surface area contributed by atoms with Crippen molar-refractivity contribution in [3.05, 3.63) is 64.3 Å². The molecule has 1 aliphatic heterocycles. The van der Waals surface area contributed by atoms with E-state index in [2.05, 4.69) is 17.6 Å². The smallest absolute Gasteiger partial charge is 0.259 e. The van der Waals surface area contributed by atoms with Crippen LogP contribution in [-0.4, -0.2) is 29.9 Å². The quantitative estimate of drug-likeness (QED) is 0.918. The summed E-state index contributed by atoms with van der Waals surface area (Å²) in [5, 5.41) is 9.69. The molecular weight excluding hydrogens is 320 g/mol. The Balaban J connectivity index is 2.62. The topological polar surface area (TPSA) is 82.5 Å². The van der Waals surface area contributed by atoms with Crippen LogP contribution in [0.3, 0.4) is 0 Å². The van der Waals surface area contributed by atoms with E-state index >= 15 is 0 Å². The third-order valence-corrected chi connectivity index (χ3v) is 4.28. The van der Waals surface area contributed by atoms with E-state index in [1.165, 1.54) is 22.9 Å². The van der Waals surface area contributed by atoms with Crippen molar-refractivity contribution in [3.8, 4) is 6.07 Å². The van der Waals surface area contributed by atoms with E-state index in [0.29, 0.717) is 33.1 Å². The van der Waals surface area contributed by atoms with Crippen LogP contribution >= 0.6 is 11.8 Å². The van der Waals surface area contributed by atoms with E-state index in [4.69, 9.17) is 11.0 Å². The molecule has 1 aromatic carbocycles. The lowest BCUT2D eigenvalue weighted by atomic mass is 9.93. The summed E-state index contributed by atoms with van der Waals surface area (Å²) in [7, 11) is 1.65. The van der Waals surface area contributed by atoms with Gasteiger partial charge in [0.05, 0.1) is 16.7 Å². The van der Waals surface area contributed by atoms with Crippen LogP contribution < -0.4 is 5.73 Å². The van der Waals surface area contributed by atoms with Crippen LogP contribution in [-0.2, 0) is 4.79 Å². The lowest BCUT2D eigenvalue weighted by Gasteiger charge is -2.27. The van der Waals surface area contributed by atoms with Gasteiger partial charge in [0.2, 0.25) is 0 Å². The predicted molar refractivity (Wildman–Crippen MR) is 99.0 cm³/mol. The van der Waals surface area contributed by atoms with Gasteiger partial charge in [-0.15, -0.1) is 11.8 Å². The second kappa shape index (κ2) is 7.20. The molecular formula is C18H18N4OS. The number of amidine groups is 1. The van der Waals surface area contributed by atoms with Crippen molar-refractivity contribution >= 4 is 29.1 Å². The number of rotatable bonds is 3. The second-order valence-corrected chi connectivity index (χ2v) is 6.10. The molecule has 1 aromatic rings. The SMILES string of the molecule is C=C(/N=C1\C(=C/N)C=C(c2cc(C#N)ccc2C)C(=O)N1C)SC. The van der Waals surface area contributed by atoms with Gasteiger partial charge in [0.1, 0.15) is 5.84 Å². The molecule has 0 unspecified atom stereocenters. The number of nitrogens with two attached hydrogens (primary N) is 1. The van der Waals surface area contributed by atoms with Crippen molar-refractivity contribution < 1.29 is 4.79 Å². The number of likely N-dealkylation sites (N-methyl/N-ethyl adjacent to an activating group) is 1. The highest BCUT2D eigenvalue weighted by Gasteiger charge is 2.29. The number of amides is 1.